The number of aromatic nitrogens is 3. The van der Waals surface area contributed by atoms with Gasteiger partial charge in [-0.3, -0.25) is 0 Å². The van der Waals surface area contributed by atoms with E-state index in [0.717, 1.165) is 17.1 Å². The molecule has 3 heterocycles. The monoisotopic (exact) mass is 401 g/mol. The normalized spacial score (nSPS) is 28.5. The number of rotatable bonds is 6. The molecule has 1 aliphatic heterocycles. The Labute approximate surface area is 146 Å². The van der Waals surface area contributed by atoms with E-state index in [1.807, 2.05) is 6.92 Å². The zero-order chi connectivity index (χ0) is 17.3. The van der Waals surface area contributed by atoms with Gasteiger partial charge in [0.2, 0.25) is 0 Å². The molecular weight excluding hydrogens is 377 g/mol. The summed E-state index contributed by atoms with van der Waals surface area (Å²) in [7, 11) is 0. The van der Waals surface area contributed by atoms with Crippen molar-refractivity contribution in [1.82, 2.24) is 14.5 Å². The van der Waals surface area contributed by atoms with Gasteiger partial charge in [-0.15, -0.1) is 0 Å². The van der Waals surface area contributed by atoms with E-state index < -0.39 is 24.5 Å². The molecule has 1 saturated heterocycles. The Morgan fingerprint density at radius 2 is 2.17 bits per heavy atom. The molecule has 1 fully saturated rings. The number of nitrogens with zero attached hydrogens (tertiary/aromatic N) is 3. The SMILES string of the molecule is C[C@@H](N)CC[Se]C[C@H]1O[C@@H](n2cnc3c(N)ccnc32)C(O)[C@H]1O. The van der Waals surface area contributed by atoms with Crippen LogP contribution in [-0.4, -0.2) is 64.1 Å². The zero-order valence-corrected chi connectivity index (χ0v) is 15.2. The van der Waals surface area contributed by atoms with Gasteiger partial charge >= 0.3 is 146 Å². The molecule has 0 saturated carbocycles. The van der Waals surface area contributed by atoms with Crippen molar-refractivity contribution < 1.29 is 14.9 Å². The van der Waals surface area contributed by atoms with Gasteiger partial charge in [0.05, 0.1) is 0 Å². The molecule has 0 radical (unpaired) electrons. The number of aliphatic hydroxyl groups excluding tert-OH is 2. The van der Waals surface area contributed by atoms with E-state index in [1.165, 1.54) is 6.33 Å². The second-order valence-corrected chi connectivity index (χ2v) is 8.52. The van der Waals surface area contributed by atoms with Gasteiger partial charge in [-0.05, 0) is 0 Å². The molecule has 0 aliphatic carbocycles. The van der Waals surface area contributed by atoms with Crippen molar-refractivity contribution in [2.45, 2.75) is 54.6 Å². The van der Waals surface area contributed by atoms with E-state index in [2.05, 4.69) is 9.97 Å². The maximum absolute atomic E-state index is 10.4. The fourth-order valence-electron chi connectivity index (χ4n) is 2.70. The molecule has 2 aromatic rings. The Bertz CT molecular complexity index is 695. The molecule has 132 valence electrons. The number of nitrogens with two attached hydrogens (primary N) is 2. The van der Waals surface area contributed by atoms with Crippen molar-refractivity contribution in [1.29, 1.82) is 0 Å². The van der Waals surface area contributed by atoms with Crippen LogP contribution in [0.1, 0.15) is 19.6 Å². The first-order valence-corrected chi connectivity index (χ1v) is 10.3. The molecule has 1 aliphatic rings. The molecule has 0 aromatic carbocycles. The van der Waals surface area contributed by atoms with E-state index in [-0.39, 0.29) is 6.04 Å². The van der Waals surface area contributed by atoms with Crippen molar-refractivity contribution in [2.75, 3.05) is 5.73 Å². The standard InChI is InChI=1S/C15H23N5O3Se/c1-8(16)3-5-24-6-10-12(21)13(22)15(23-10)20-7-19-11-9(17)2-4-18-14(11)20/h2,4,7-8,10,12-13,15,21-22H,3,5-6,16H2,1H3,(H2,17,18)/t8-,10-,12+,13?,15-/m1/s1. The van der Waals surface area contributed by atoms with Crippen LogP contribution in [0.3, 0.4) is 0 Å². The van der Waals surface area contributed by atoms with Gasteiger partial charge in [-0.1, -0.05) is 0 Å². The number of aliphatic hydroxyl groups is 2. The van der Waals surface area contributed by atoms with Crippen LogP contribution in [0.25, 0.3) is 11.2 Å². The molecular formula is C15H23N5O3Se. The molecule has 1 unspecified atom stereocenters. The van der Waals surface area contributed by atoms with Gasteiger partial charge in [0.25, 0.3) is 0 Å². The summed E-state index contributed by atoms with van der Waals surface area (Å²) in [5.41, 5.74) is 13.3. The van der Waals surface area contributed by atoms with E-state index in [9.17, 15) is 10.2 Å². The molecule has 8 nitrogen and oxygen atoms in total. The first-order chi connectivity index (χ1) is 11.5. The van der Waals surface area contributed by atoms with E-state index in [1.54, 1.807) is 16.8 Å². The number of nitrogen functional groups attached to an aromatic ring is 1. The predicted octanol–water partition coefficient (Wildman–Crippen LogP) is -0.0892. The first kappa shape index (κ1) is 17.6. The second kappa shape index (κ2) is 7.35. The number of pyridine rings is 1. The van der Waals surface area contributed by atoms with E-state index in [0.29, 0.717) is 31.8 Å². The van der Waals surface area contributed by atoms with Gasteiger partial charge in [0.1, 0.15) is 0 Å². The third-order valence-corrected chi connectivity index (χ3v) is 6.39. The van der Waals surface area contributed by atoms with Crippen LogP contribution in [0.2, 0.25) is 10.6 Å². The Morgan fingerprint density at radius 1 is 1.38 bits per heavy atom. The number of fused-ring (bicyclic) bond motifs is 1. The summed E-state index contributed by atoms with van der Waals surface area (Å²) in [6.07, 6.45) is 1.03. The Balaban J connectivity index is 1.71. The van der Waals surface area contributed by atoms with Gasteiger partial charge < -0.3 is 0 Å². The Hall–Kier alpha value is -1.22. The Kier molecular flexibility index (Phi) is 5.39. The number of hydrogen-bond acceptors (Lipinski definition) is 7. The van der Waals surface area contributed by atoms with Gasteiger partial charge in [-0.25, -0.2) is 0 Å². The first-order valence-electron chi connectivity index (χ1n) is 7.91. The third kappa shape index (κ3) is 3.42. The van der Waals surface area contributed by atoms with Crippen LogP contribution in [0.4, 0.5) is 5.69 Å². The van der Waals surface area contributed by atoms with Gasteiger partial charge in [0, 0.05) is 0 Å². The fraction of sp³-hybridized carbons (Fsp3) is 0.600. The van der Waals surface area contributed by atoms with Gasteiger partial charge in [0.15, 0.2) is 0 Å². The van der Waals surface area contributed by atoms with Crippen LogP contribution < -0.4 is 11.5 Å². The van der Waals surface area contributed by atoms with Crippen molar-refractivity contribution in [2.24, 2.45) is 5.73 Å². The second-order valence-electron chi connectivity index (χ2n) is 6.11. The summed E-state index contributed by atoms with van der Waals surface area (Å²) in [6.45, 7) is 1.99. The number of ether oxygens (including phenoxy) is 1. The summed E-state index contributed by atoms with van der Waals surface area (Å²) < 4.78 is 7.55. The minimum absolute atomic E-state index is 0.188. The topological polar surface area (TPSA) is 132 Å². The average molecular weight is 400 g/mol. The number of hydrogen-bond donors (Lipinski definition) is 4. The summed E-state index contributed by atoms with van der Waals surface area (Å²) in [6, 6.07) is 1.86. The Morgan fingerprint density at radius 3 is 2.92 bits per heavy atom. The minimum atomic E-state index is -1.03. The van der Waals surface area contributed by atoms with E-state index in [4.69, 9.17) is 16.2 Å². The van der Waals surface area contributed by atoms with Crippen molar-refractivity contribution in [3.05, 3.63) is 18.6 Å². The van der Waals surface area contributed by atoms with Crippen molar-refractivity contribution >= 4 is 31.8 Å². The molecule has 5 atom stereocenters. The third-order valence-electron chi connectivity index (χ3n) is 4.10. The molecule has 2 aromatic heterocycles. The van der Waals surface area contributed by atoms with Crippen molar-refractivity contribution in [3.63, 3.8) is 0 Å². The van der Waals surface area contributed by atoms with Crippen LogP contribution in [0.15, 0.2) is 18.6 Å². The van der Waals surface area contributed by atoms with Gasteiger partial charge in [-0.2, -0.15) is 0 Å². The maximum atomic E-state index is 10.4. The number of imidazole rings is 1. The van der Waals surface area contributed by atoms with E-state index >= 15 is 0 Å². The molecule has 24 heavy (non-hydrogen) atoms. The summed E-state index contributed by atoms with van der Waals surface area (Å²) in [5.74, 6) is 0. The average Bonchev–Trinajstić information content (AvgIpc) is 3.08. The summed E-state index contributed by atoms with van der Waals surface area (Å²) in [4.78, 5) is 8.50. The molecule has 9 heteroatoms. The number of anilines is 1. The molecule has 6 N–H and O–H groups in total. The molecule has 0 amide bonds. The quantitative estimate of drug-likeness (QED) is 0.394. The fourth-order valence-corrected chi connectivity index (χ4v) is 5.25. The van der Waals surface area contributed by atoms with Crippen LogP contribution in [0.5, 0.6) is 0 Å². The summed E-state index contributed by atoms with van der Waals surface area (Å²) in [5, 5.41) is 22.4. The zero-order valence-electron chi connectivity index (χ0n) is 13.4. The predicted molar refractivity (Wildman–Crippen MR) is 91.5 cm³/mol. The van der Waals surface area contributed by atoms with Crippen LogP contribution in [0, 0.1) is 0 Å². The van der Waals surface area contributed by atoms with Crippen LogP contribution in [-0.2, 0) is 4.74 Å². The molecule has 3 rings (SSSR count). The molecule has 0 spiro atoms. The van der Waals surface area contributed by atoms with Crippen LogP contribution >= 0.6 is 0 Å². The molecule has 0 bridgehead atoms. The van der Waals surface area contributed by atoms with Crippen molar-refractivity contribution in [3.8, 4) is 0 Å². The summed E-state index contributed by atoms with van der Waals surface area (Å²) >= 11 is 0.313.